The molecule has 1 aromatic heterocycles. The Morgan fingerprint density at radius 1 is 1.59 bits per heavy atom. The van der Waals surface area contributed by atoms with Gasteiger partial charge in [-0.05, 0) is 18.9 Å². The molecule has 2 N–H and O–H groups in total. The fourth-order valence-electron chi connectivity index (χ4n) is 1.60. The Bertz CT molecular complexity index is 402. The van der Waals surface area contributed by atoms with Crippen molar-refractivity contribution < 1.29 is 0 Å². The summed E-state index contributed by atoms with van der Waals surface area (Å²) in [5, 5.41) is 4.18. The number of nitrogens with zero attached hydrogens (tertiary/aromatic N) is 3. The minimum Gasteiger partial charge on any atom is -0.373 e. The molecule has 0 bridgehead atoms. The maximum Gasteiger partial charge on any atom is 0.268 e. The molecule has 0 radical (unpaired) electrons. The molecule has 5 heteroatoms. The molecule has 1 rings (SSSR count). The molecule has 0 aromatic carbocycles. The topological polar surface area (TPSA) is 64.2 Å². The van der Waals surface area contributed by atoms with Crippen LogP contribution >= 0.6 is 0 Å². The van der Waals surface area contributed by atoms with E-state index in [2.05, 4.69) is 12.0 Å². The van der Waals surface area contributed by atoms with Gasteiger partial charge in [0.2, 0.25) is 0 Å². The third kappa shape index (κ3) is 3.85. The molecule has 0 aliphatic rings. The van der Waals surface area contributed by atoms with Gasteiger partial charge in [-0.15, -0.1) is 0 Å². The van der Waals surface area contributed by atoms with Crippen LogP contribution < -0.4 is 16.2 Å². The molecule has 0 spiro atoms. The Morgan fingerprint density at radius 2 is 2.29 bits per heavy atom. The van der Waals surface area contributed by atoms with Crippen LogP contribution in [0.4, 0.5) is 5.69 Å². The van der Waals surface area contributed by atoms with Gasteiger partial charge < -0.3 is 10.6 Å². The number of nitrogens with two attached hydrogens (primary N) is 1. The molecule has 5 nitrogen and oxygen atoms in total. The van der Waals surface area contributed by atoms with Crippen molar-refractivity contribution >= 4 is 5.69 Å². The number of anilines is 1. The number of rotatable bonds is 6. The summed E-state index contributed by atoms with van der Waals surface area (Å²) in [5.41, 5.74) is 6.34. The first-order valence-corrected chi connectivity index (χ1v) is 6.06. The zero-order chi connectivity index (χ0) is 12.8. The van der Waals surface area contributed by atoms with E-state index in [9.17, 15) is 4.79 Å². The third-order valence-corrected chi connectivity index (χ3v) is 2.74. The Balaban J connectivity index is 2.82. The van der Waals surface area contributed by atoms with E-state index in [1.165, 1.54) is 4.68 Å². The molecule has 1 atom stereocenters. The van der Waals surface area contributed by atoms with Crippen molar-refractivity contribution in [1.29, 1.82) is 0 Å². The number of hydrogen-bond acceptors (Lipinski definition) is 4. The average Bonchev–Trinajstić information content (AvgIpc) is 2.31. The molecule has 0 amide bonds. The van der Waals surface area contributed by atoms with Gasteiger partial charge in [-0.3, -0.25) is 4.79 Å². The van der Waals surface area contributed by atoms with E-state index in [-0.39, 0.29) is 11.5 Å². The minimum absolute atomic E-state index is 0.0641. The van der Waals surface area contributed by atoms with Crippen molar-refractivity contribution in [2.45, 2.75) is 26.8 Å². The van der Waals surface area contributed by atoms with Crippen LogP contribution in [0.3, 0.4) is 0 Å². The average molecular weight is 238 g/mol. The van der Waals surface area contributed by atoms with Crippen LogP contribution in [-0.2, 0) is 6.54 Å². The molecule has 1 heterocycles. The van der Waals surface area contributed by atoms with Gasteiger partial charge in [0, 0.05) is 26.2 Å². The lowest BCUT2D eigenvalue weighted by molar-refractivity contribution is 0.442. The first-order valence-electron chi connectivity index (χ1n) is 6.06. The predicted octanol–water partition coefficient (Wildman–Crippen LogP) is 0.684. The first kappa shape index (κ1) is 13.7. The fraction of sp³-hybridized carbons (Fsp3) is 0.667. The van der Waals surface area contributed by atoms with Gasteiger partial charge in [-0.1, -0.05) is 13.8 Å². The smallest absolute Gasteiger partial charge is 0.268 e. The summed E-state index contributed by atoms with van der Waals surface area (Å²) in [6.07, 6.45) is 2.78. The highest BCUT2D eigenvalue weighted by Gasteiger charge is 2.06. The second kappa shape index (κ2) is 6.39. The Kier molecular flexibility index (Phi) is 5.15. The van der Waals surface area contributed by atoms with E-state index in [0.29, 0.717) is 13.1 Å². The van der Waals surface area contributed by atoms with Crippen LogP contribution in [0.2, 0.25) is 0 Å². The molecule has 17 heavy (non-hydrogen) atoms. The summed E-state index contributed by atoms with van der Waals surface area (Å²) >= 11 is 0. The number of hydrogen-bond donors (Lipinski definition) is 1. The summed E-state index contributed by atoms with van der Waals surface area (Å²) in [5.74, 6) is 0.263. The molecule has 1 aromatic rings. The molecule has 0 aliphatic heterocycles. The summed E-state index contributed by atoms with van der Waals surface area (Å²) in [6, 6.07) is 1.63. The van der Waals surface area contributed by atoms with E-state index < -0.39 is 0 Å². The van der Waals surface area contributed by atoms with Gasteiger partial charge >= 0.3 is 0 Å². The second-order valence-electron chi connectivity index (χ2n) is 4.50. The minimum atomic E-state index is -0.0641. The zero-order valence-electron chi connectivity index (χ0n) is 10.9. The highest BCUT2D eigenvalue weighted by atomic mass is 16.1. The van der Waals surface area contributed by atoms with Crippen molar-refractivity contribution in [3.63, 3.8) is 0 Å². The van der Waals surface area contributed by atoms with Crippen LogP contribution in [0.25, 0.3) is 0 Å². The van der Waals surface area contributed by atoms with Crippen LogP contribution in [0.5, 0.6) is 0 Å². The molecule has 1 unspecified atom stereocenters. The number of aromatic nitrogens is 2. The fourth-order valence-corrected chi connectivity index (χ4v) is 1.60. The van der Waals surface area contributed by atoms with E-state index in [1.54, 1.807) is 12.3 Å². The van der Waals surface area contributed by atoms with Gasteiger partial charge in [-0.25, -0.2) is 4.68 Å². The highest BCUT2D eigenvalue weighted by Crippen LogP contribution is 2.07. The van der Waals surface area contributed by atoms with Gasteiger partial charge in [-0.2, -0.15) is 5.10 Å². The van der Waals surface area contributed by atoms with E-state index in [4.69, 9.17) is 5.73 Å². The van der Waals surface area contributed by atoms with Crippen molar-refractivity contribution in [2.75, 3.05) is 25.0 Å². The van der Waals surface area contributed by atoms with E-state index >= 15 is 0 Å². The van der Waals surface area contributed by atoms with E-state index in [1.807, 2.05) is 18.9 Å². The normalized spacial score (nSPS) is 12.5. The van der Waals surface area contributed by atoms with Crippen molar-refractivity contribution in [3.05, 3.63) is 22.6 Å². The first-order chi connectivity index (χ1) is 8.08. The largest absolute Gasteiger partial charge is 0.373 e. The van der Waals surface area contributed by atoms with E-state index in [0.717, 1.165) is 18.7 Å². The SMILES string of the molecule is CCCN(C)c1cnn(CC(C)CN)c(=O)c1. The molecule has 96 valence electrons. The lowest BCUT2D eigenvalue weighted by Crippen LogP contribution is -2.29. The van der Waals surface area contributed by atoms with Gasteiger partial charge in [0.1, 0.15) is 0 Å². The van der Waals surface area contributed by atoms with Crippen LogP contribution in [0.15, 0.2) is 17.1 Å². The molecule has 0 aliphatic carbocycles. The van der Waals surface area contributed by atoms with Gasteiger partial charge in [0.05, 0.1) is 11.9 Å². The lowest BCUT2D eigenvalue weighted by atomic mass is 10.2. The quantitative estimate of drug-likeness (QED) is 0.791. The van der Waals surface area contributed by atoms with Crippen molar-refractivity contribution in [1.82, 2.24) is 9.78 Å². The van der Waals surface area contributed by atoms with Crippen LogP contribution in [0.1, 0.15) is 20.3 Å². The van der Waals surface area contributed by atoms with Crippen LogP contribution in [0, 0.1) is 5.92 Å². The van der Waals surface area contributed by atoms with Crippen LogP contribution in [-0.4, -0.2) is 29.9 Å². The molecule has 0 saturated carbocycles. The summed E-state index contributed by atoms with van der Waals surface area (Å²) in [6.45, 7) is 6.17. The summed E-state index contributed by atoms with van der Waals surface area (Å²) < 4.78 is 1.47. The van der Waals surface area contributed by atoms with Crippen molar-refractivity contribution in [2.24, 2.45) is 11.7 Å². The van der Waals surface area contributed by atoms with Gasteiger partial charge in [0.15, 0.2) is 0 Å². The molecular formula is C12H22N4O. The standard InChI is InChI=1S/C12H22N4O/c1-4-5-15(3)11-6-12(17)16(14-8-11)9-10(2)7-13/h6,8,10H,4-5,7,9,13H2,1-3H3. The summed E-state index contributed by atoms with van der Waals surface area (Å²) in [4.78, 5) is 13.9. The Morgan fingerprint density at radius 3 is 2.82 bits per heavy atom. The zero-order valence-corrected chi connectivity index (χ0v) is 10.9. The second-order valence-corrected chi connectivity index (χ2v) is 4.50. The molecular weight excluding hydrogens is 216 g/mol. The monoisotopic (exact) mass is 238 g/mol. The Hall–Kier alpha value is -1.36. The third-order valence-electron chi connectivity index (χ3n) is 2.74. The van der Waals surface area contributed by atoms with Crippen molar-refractivity contribution in [3.8, 4) is 0 Å². The predicted molar refractivity (Wildman–Crippen MR) is 70.3 cm³/mol. The maximum absolute atomic E-state index is 11.8. The maximum atomic E-state index is 11.8. The lowest BCUT2D eigenvalue weighted by Gasteiger charge is -2.18. The Labute approximate surface area is 102 Å². The van der Waals surface area contributed by atoms with Gasteiger partial charge in [0.25, 0.3) is 5.56 Å². The molecule has 0 fully saturated rings. The highest BCUT2D eigenvalue weighted by molar-refractivity contribution is 5.41. The summed E-state index contributed by atoms with van der Waals surface area (Å²) in [7, 11) is 1.97. The molecule has 0 saturated heterocycles.